The van der Waals surface area contributed by atoms with Crippen molar-refractivity contribution >= 4 is 57.5 Å². The molecule has 1 aromatic carbocycles. The van der Waals surface area contributed by atoms with Crippen molar-refractivity contribution in [1.82, 2.24) is 14.8 Å². The molecule has 0 saturated heterocycles. The van der Waals surface area contributed by atoms with Crippen LogP contribution < -0.4 is 15.8 Å². The summed E-state index contributed by atoms with van der Waals surface area (Å²) in [4.78, 5) is 37.5. The molecule has 13 heteroatoms. The summed E-state index contributed by atoms with van der Waals surface area (Å²) in [5.74, 6) is -0.564. The SMILES string of the molecule is C=CCn1c(COc2cc(C)c(Cl)c(C)c2)nnc1SCC(=O)Nc1sc(C(N)=O)c(C)c1C(=O)OC(C)C. The van der Waals surface area contributed by atoms with Crippen LogP contribution in [0.2, 0.25) is 5.02 Å². The van der Waals surface area contributed by atoms with Gasteiger partial charge in [-0.3, -0.25) is 14.2 Å². The number of hydrogen-bond acceptors (Lipinski definition) is 9. The number of allylic oxidation sites excluding steroid dienone is 1. The summed E-state index contributed by atoms with van der Waals surface area (Å²) < 4.78 is 13.0. The van der Waals surface area contributed by atoms with Crippen LogP contribution in [0.4, 0.5) is 5.00 Å². The molecule has 0 unspecified atom stereocenters. The molecule has 208 valence electrons. The lowest BCUT2D eigenvalue weighted by Gasteiger charge is -2.11. The minimum atomic E-state index is -0.692. The van der Waals surface area contributed by atoms with Crippen molar-refractivity contribution in [2.75, 3.05) is 11.1 Å². The van der Waals surface area contributed by atoms with E-state index in [0.717, 1.165) is 34.2 Å². The number of aryl methyl sites for hydroxylation is 2. The predicted molar refractivity (Wildman–Crippen MR) is 153 cm³/mol. The Balaban J connectivity index is 1.72. The molecular weight excluding hydrogens is 562 g/mol. The summed E-state index contributed by atoms with van der Waals surface area (Å²) >= 11 is 8.34. The Labute approximate surface area is 239 Å². The van der Waals surface area contributed by atoms with E-state index in [0.29, 0.717) is 33.9 Å². The Morgan fingerprint density at radius 1 is 1.23 bits per heavy atom. The number of nitrogens with zero attached hydrogens (tertiary/aromatic N) is 3. The quantitative estimate of drug-likeness (QED) is 0.169. The highest BCUT2D eigenvalue weighted by Crippen LogP contribution is 2.34. The van der Waals surface area contributed by atoms with Crippen LogP contribution >= 0.6 is 34.7 Å². The maximum Gasteiger partial charge on any atom is 0.341 e. The van der Waals surface area contributed by atoms with Gasteiger partial charge in [-0.1, -0.05) is 29.4 Å². The van der Waals surface area contributed by atoms with Crippen molar-refractivity contribution in [3.05, 3.63) is 62.8 Å². The van der Waals surface area contributed by atoms with Crippen molar-refractivity contribution in [1.29, 1.82) is 0 Å². The molecule has 2 heterocycles. The average molecular weight is 592 g/mol. The molecule has 10 nitrogen and oxygen atoms in total. The van der Waals surface area contributed by atoms with E-state index < -0.39 is 17.8 Å². The van der Waals surface area contributed by atoms with Crippen LogP contribution in [-0.4, -0.2) is 44.4 Å². The Kier molecular flexibility index (Phi) is 10.2. The monoisotopic (exact) mass is 591 g/mol. The first kappa shape index (κ1) is 30.2. The van der Waals surface area contributed by atoms with Gasteiger partial charge in [0.1, 0.15) is 17.4 Å². The van der Waals surface area contributed by atoms with Crippen molar-refractivity contribution in [2.45, 2.75) is 59.0 Å². The van der Waals surface area contributed by atoms with E-state index in [2.05, 4.69) is 22.1 Å². The number of nitrogens with two attached hydrogens (primary N) is 1. The first-order chi connectivity index (χ1) is 18.4. The number of hydrogen-bond donors (Lipinski definition) is 2. The Morgan fingerprint density at radius 3 is 2.49 bits per heavy atom. The lowest BCUT2D eigenvalue weighted by atomic mass is 10.1. The van der Waals surface area contributed by atoms with Crippen LogP contribution in [0.25, 0.3) is 0 Å². The Morgan fingerprint density at radius 2 is 1.90 bits per heavy atom. The number of rotatable bonds is 12. The lowest BCUT2D eigenvalue weighted by Crippen LogP contribution is -2.18. The number of carbonyl (C=O) groups excluding carboxylic acids is 3. The Hall–Kier alpha value is -3.35. The molecular formula is C26H30ClN5O5S2. The van der Waals surface area contributed by atoms with Gasteiger partial charge in [0, 0.05) is 11.6 Å². The smallest absolute Gasteiger partial charge is 0.341 e. The number of thioether (sulfide) groups is 1. The topological polar surface area (TPSA) is 138 Å². The Bertz CT molecular complexity index is 1390. The first-order valence-corrected chi connectivity index (χ1v) is 14.1. The third-order valence-electron chi connectivity index (χ3n) is 5.39. The highest BCUT2D eigenvalue weighted by molar-refractivity contribution is 7.99. The van der Waals surface area contributed by atoms with Crippen molar-refractivity contribution in [3.8, 4) is 5.75 Å². The van der Waals surface area contributed by atoms with Crippen LogP contribution in [0.3, 0.4) is 0 Å². The number of amides is 2. The molecule has 2 aromatic heterocycles. The molecule has 0 bridgehead atoms. The molecule has 0 saturated carbocycles. The highest BCUT2D eigenvalue weighted by atomic mass is 35.5. The molecule has 0 aliphatic rings. The van der Waals surface area contributed by atoms with E-state index in [1.165, 1.54) is 0 Å². The van der Waals surface area contributed by atoms with E-state index in [1.807, 2.05) is 26.0 Å². The normalized spacial score (nSPS) is 10.9. The maximum atomic E-state index is 12.8. The summed E-state index contributed by atoms with van der Waals surface area (Å²) in [6, 6.07) is 3.70. The van der Waals surface area contributed by atoms with Crippen LogP contribution in [-0.2, 0) is 22.7 Å². The summed E-state index contributed by atoms with van der Waals surface area (Å²) in [6.07, 6.45) is 1.31. The van der Waals surface area contributed by atoms with Gasteiger partial charge in [-0.25, -0.2) is 4.79 Å². The molecule has 39 heavy (non-hydrogen) atoms. The van der Waals surface area contributed by atoms with Crippen molar-refractivity contribution in [3.63, 3.8) is 0 Å². The summed E-state index contributed by atoms with van der Waals surface area (Å²) in [5.41, 5.74) is 7.75. The number of carbonyl (C=O) groups is 3. The minimum absolute atomic E-state index is 0.0345. The van der Waals surface area contributed by atoms with E-state index in [9.17, 15) is 14.4 Å². The third kappa shape index (κ3) is 7.40. The van der Waals surface area contributed by atoms with Gasteiger partial charge >= 0.3 is 5.97 Å². The second-order valence-electron chi connectivity index (χ2n) is 8.87. The lowest BCUT2D eigenvalue weighted by molar-refractivity contribution is -0.113. The van der Waals surface area contributed by atoms with Crippen LogP contribution in [0.1, 0.15) is 56.4 Å². The number of halogens is 1. The molecule has 3 rings (SSSR count). The molecule has 3 N–H and O–H groups in total. The van der Waals surface area contributed by atoms with Gasteiger partial charge in [0.25, 0.3) is 5.91 Å². The molecule has 0 radical (unpaired) electrons. The largest absolute Gasteiger partial charge is 0.486 e. The van der Waals surface area contributed by atoms with Gasteiger partial charge < -0.3 is 20.5 Å². The number of esters is 1. The molecule has 2 amide bonds. The minimum Gasteiger partial charge on any atom is -0.486 e. The summed E-state index contributed by atoms with van der Waals surface area (Å²) in [5, 5.41) is 12.5. The average Bonchev–Trinajstić information content (AvgIpc) is 3.39. The molecule has 0 fully saturated rings. The fourth-order valence-corrected chi connectivity index (χ4v) is 5.57. The maximum absolute atomic E-state index is 12.8. The zero-order valence-corrected chi connectivity index (χ0v) is 24.7. The number of thiophene rings is 1. The predicted octanol–water partition coefficient (Wildman–Crippen LogP) is 5.08. The van der Waals surface area contributed by atoms with Gasteiger partial charge in [-0.05, 0) is 63.4 Å². The van der Waals surface area contributed by atoms with Crippen LogP contribution in [0, 0.1) is 20.8 Å². The molecule has 0 atom stereocenters. The number of primary amides is 1. The fraction of sp³-hybridized carbons (Fsp3) is 0.346. The number of benzene rings is 1. The zero-order valence-electron chi connectivity index (χ0n) is 22.3. The van der Waals surface area contributed by atoms with Crippen molar-refractivity contribution in [2.24, 2.45) is 5.73 Å². The number of aromatic nitrogens is 3. The van der Waals surface area contributed by atoms with E-state index in [1.54, 1.807) is 31.4 Å². The fourth-order valence-electron chi connectivity index (χ4n) is 3.63. The second kappa shape index (κ2) is 13.1. The van der Waals surface area contributed by atoms with Gasteiger partial charge in [0.05, 0.1) is 22.3 Å². The number of anilines is 1. The van der Waals surface area contributed by atoms with Gasteiger partial charge in [0.15, 0.2) is 11.0 Å². The first-order valence-electron chi connectivity index (χ1n) is 11.9. The second-order valence-corrected chi connectivity index (χ2v) is 11.2. The molecule has 3 aromatic rings. The summed E-state index contributed by atoms with van der Waals surface area (Å²) in [7, 11) is 0. The zero-order chi connectivity index (χ0) is 28.9. The molecule has 0 aliphatic heterocycles. The highest BCUT2D eigenvalue weighted by Gasteiger charge is 2.26. The van der Waals surface area contributed by atoms with Crippen LogP contribution in [0.5, 0.6) is 5.75 Å². The van der Waals surface area contributed by atoms with Crippen LogP contribution in [0.15, 0.2) is 29.9 Å². The molecule has 0 spiro atoms. The number of nitrogens with one attached hydrogen (secondary N) is 1. The van der Waals surface area contributed by atoms with E-state index in [4.69, 9.17) is 26.8 Å². The number of ether oxygens (including phenoxy) is 2. The molecule has 0 aliphatic carbocycles. The van der Waals surface area contributed by atoms with Crippen molar-refractivity contribution < 1.29 is 23.9 Å². The summed E-state index contributed by atoms with van der Waals surface area (Å²) in [6.45, 7) is 13.2. The van der Waals surface area contributed by atoms with Gasteiger partial charge in [0.2, 0.25) is 5.91 Å². The van der Waals surface area contributed by atoms with Gasteiger partial charge in [-0.2, -0.15) is 0 Å². The van der Waals surface area contributed by atoms with E-state index in [-0.39, 0.29) is 33.9 Å². The standard InChI is InChI=1S/C26H30ClN5O5S2/c1-7-8-32-18(11-36-17-9-14(4)21(27)15(5)10-17)30-31-26(32)38-12-19(33)29-24-20(25(35)37-13(2)3)16(6)22(39-24)23(28)34/h7,9-10,13H,1,8,11-12H2,2-6H3,(H2,28,34)(H,29,33). The van der Waals surface area contributed by atoms with E-state index >= 15 is 0 Å². The third-order valence-corrected chi connectivity index (χ3v) is 8.17. The van der Waals surface area contributed by atoms with Gasteiger partial charge in [-0.15, -0.1) is 28.1 Å².